The van der Waals surface area contributed by atoms with E-state index < -0.39 is 17.8 Å². The number of hydrogen-bond donors (Lipinski definition) is 2. The maximum atomic E-state index is 13.9. The van der Waals surface area contributed by atoms with E-state index in [0.29, 0.717) is 11.5 Å². The number of anilines is 2. The lowest BCUT2D eigenvalue weighted by molar-refractivity contribution is -0.123. The van der Waals surface area contributed by atoms with Crippen LogP contribution in [0.3, 0.4) is 0 Å². The molecule has 1 aromatic heterocycles. The Morgan fingerprint density at radius 3 is 2.88 bits per heavy atom. The minimum Gasteiger partial charge on any atom is -0.481 e. The molecule has 1 saturated heterocycles. The predicted molar refractivity (Wildman–Crippen MR) is 126 cm³/mol. The molecule has 1 aliphatic rings. The van der Waals surface area contributed by atoms with E-state index in [1.54, 1.807) is 6.92 Å². The largest absolute Gasteiger partial charge is 0.481 e. The number of aromatic nitrogens is 2. The van der Waals surface area contributed by atoms with Gasteiger partial charge >= 0.3 is 0 Å². The number of rotatable bonds is 7. The van der Waals surface area contributed by atoms with Crippen LogP contribution in [0.4, 0.5) is 21.6 Å². The van der Waals surface area contributed by atoms with Crippen LogP contribution in [0, 0.1) is 24.1 Å². The van der Waals surface area contributed by atoms with Crippen LogP contribution < -0.4 is 15.4 Å². The van der Waals surface area contributed by atoms with Crippen LogP contribution in [0.25, 0.3) is 10.9 Å². The van der Waals surface area contributed by atoms with Gasteiger partial charge in [0, 0.05) is 23.0 Å². The van der Waals surface area contributed by atoms with Crippen molar-refractivity contribution in [1.29, 1.82) is 5.26 Å². The number of halogens is 1. The summed E-state index contributed by atoms with van der Waals surface area (Å²) in [6.45, 7) is 3.17. The number of nitrogens with zero attached hydrogens (tertiary/aromatic N) is 4. The van der Waals surface area contributed by atoms with E-state index in [9.17, 15) is 9.18 Å². The molecule has 0 bridgehead atoms. The van der Waals surface area contributed by atoms with Crippen molar-refractivity contribution in [2.45, 2.75) is 26.3 Å². The summed E-state index contributed by atoms with van der Waals surface area (Å²) in [6.07, 6.45) is 2.69. The summed E-state index contributed by atoms with van der Waals surface area (Å²) in [4.78, 5) is 20.7. The summed E-state index contributed by atoms with van der Waals surface area (Å²) in [5.74, 6) is 1.99. The first kappa shape index (κ1) is 22.6. The van der Waals surface area contributed by atoms with Crippen molar-refractivity contribution in [1.82, 2.24) is 15.3 Å². The average molecular weight is 467 g/mol. The van der Waals surface area contributed by atoms with Gasteiger partial charge in [-0.25, -0.2) is 18.7 Å². The van der Waals surface area contributed by atoms with Crippen LogP contribution in [0.5, 0.6) is 5.75 Å². The molecule has 0 aliphatic carbocycles. The second-order valence-electron chi connectivity index (χ2n) is 7.67. The lowest BCUT2D eigenvalue weighted by Gasteiger charge is -2.17. The summed E-state index contributed by atoms with van der Waals surface area (Å²) >= 11 is 0. The lowest BCUT2D eigenvalue weighted by atomic mass is 10.1. The lowest BCUT2D eigenvalue weighted by Crippen LogP contribution is -2.35. The molecule has 0 spiro atoms. The molecule has 8 nitrogen and oxygen atoms in total. The Kier molecular flexibility index (Phi) is 6.79. The Balaban J connectivity index is 1.60. The van der Waals surface area contributed by atoms with Crippen molar-refractivity contribution in [2.75, 3.05) is 23.4 Å². The number of aryl methyl sites for hydroxylation is 1. The minimum absolute atomic E-state index is 0.112. The molecule has 1 fully saturated rings. The first-order valence-electron chi connectivity index (χ1n) is 10.5. The Hall–Kier alpha value is -3.58. The quantitative estimate of drug-likeness (QED) is 0.543. The molecule has 1 amide bonds. The fourth-order valence-electron chi connectivity index (χ4n) is 3.34. The van der Waals surface area contributed by atoms with E-state index in [1.165, 1.54) is 30.9 Å². The summed E-state index contributed by atoms with van der Waals surface area (Å²) in [5, 5.41) is 15.3. The van der Waals surface area contributed by atoms with Crippen LogP contribution in [0.1, 0.15) is 18.9 Å². The molecular formula is C23H23FN6O2S. The van der Waals surface area contributed by atoms with Gasteiger partial charge in [0.05, 0.1) is 23.0 Å². The summed E-state index contributed by atoms with van der Waals surface area (Å²) in [5.41, 5.74) is 3.08. The zero-order valence-corrected chi connectivity index (χ0v) is 19.1. The highest BCUT2D eigenvalue weighted by molar-refractivity contribution is 7.88. The van der Waals surface area contributed by atoms with E-state index in [2.05, 4.69) is 20.6 Å². The highest BCUT2D eigenvalue weighted by Gasteiger charge is 2.15. The number of hydrogen-bond acceptors (Lipinski definition) is 7. The van der Waals surface area contributed by atoms with Crippen molar-refractivity contribution in [3.05, 3.63) is 48.0 Å². The van der Waals surface area contributed by atoms with E-state index >= 15 is 0 Å². The van der Waals surface area contributed by atoms with E-state index in [4.69, 9.17) is 14.4 Å². The zero-order chi connectivity index (χ0) is 23.4. The van der Waals surface area contributed by atoms with Crippen molar-refractivity contribution >= 4 is 44.7 Å². The third-order valence-electron chi connectivity index (χ3n) is 5.04. The van der Waals surface area contributed by atoms with E-state index in [0.717, 1.165) is 33.7 Å². The van der Waals surface area contributed by atoms with Gasteiger partial charge in [0.15, 0.2) is 6.61 Å². The average Bonchev–Trinajstić information content (AvgIpc) is 2.76. The fraction of sp³-hybridized carbons (Fsp3) is 0.304. The first-order valence-corrected chi connectivity index (χ1v) is 12.0. The van der Waals surface area contributed by atoms with Gasteiger partial charge in [-0.1, -0.05) is 10.7 Å². The van der Waals surface area contributed by atoms with Crippen molar-refractivity contribution in [2.24, 2.45) is 4.36 Å². The molecule has 10 heteroatoms. The van der Waals surface area contributed by atoms with Gasteiger partial charge in [-0.15, -0.1) is 0 Å². The molecule has 170 valence electrons. The highest BCUT2D eigenvalue weighted by Crippen LogP contribution is 2.34. The highest BCUT2D eigenvalue weighted by atomic mass is 32.2. The van der Waals surface area contributed by atoms with Gasteiger partial charge in [0.1, 0.15) is 29.8 Å². The van der Waals surface area contributed by atoms with Gasteiger partial charge < -0.3 is 15.4 Å². The molecule has 2 aromatic carbocycles. The van der Waals surface area contributed by atoms with Crippen LogP contribution in [0.15, 0.2) is 41.0 Å². The van der Waals surface area contributed by atoms with Crippen molar-refractivity contribution in [3.63, 3.8) is 0 Å². The topological polar surface area (TPSA) is 112 Å². The smallest absolute Gasteiger partial charge is 0.258 e. The molecule has 2 N–H and O–H groups in total. The number of fused-ring (bicyclic) bond motifs is 1. The van der Waals surface area contributed by atoms with Gasteiger partial charge in [-0.2, -0.15) is 5.26 Å². The molecule has 3 aromatic rings. The zero-order valence-electron chi connectivity index (χ0n) is 18.3. The van der Waals surface area contributed by atoms with E-state index in [-0.39, 0.29) is 23.0 Å². The van der Waals surface area contributed by atoms with Crippen LogP contribution >= 0.6 is 0 Å². The Labute approximate surface area is 193 Å². The van der Waals surface area contributed by atoms with Gasteiger partial charge in [-0.3, -0.25) is 4.79 Å². The number of amides is 1. The number of carbonyl (C=O) groups excluding carboxylic acids is 1. The minimum atomic E-state index is -0.650. The molecule has 4 rings (SSSR count). The number of ether oxygens (including phenoxy) is 1. The summed E-state index contributed by atoms with van der Waals surface area (Å²) in [7, 11) is 0.112. The standard InChI is InChI=1S/C23H23FN6O2S/c1-14-8-17(30-33-6-3-7-33)10-19-22(14)23(27-13-26-19)29-18-5-4-16(24)9-20(18)32-12-21(31)28-15(2)11-25/h4-5,8-10,13,15H,3,6-7,12H2,1-2H3,(H,28,31)(H,26,27,29). The summed E-state index contributed by atoms with van der Waals surface area (Å²) in [6, 6.07) is 9.23. The molecule has 33 heavy (non-hydrogen) atoms. The molecule has 0 radical (unpaired) electrons. The molecular weight excluding hydrogens is 443 g/mol. The van der Waals surface area contributed by atoms with Gasteiger partial charge in [-0.05, 0) is 50.1 Å². The van der Waals surface area contributed by atoms with E-state index in [1.807, 2.05) is 25.1 Å². The predicted octanol–water partition coefficient (Wildman–Crippen LogP) is 4.07. The molecule has 1 atom stereocenters. The fourth-order valence-corrected chi connectivity index (χ4v) is 4.47. The Morgan fingerprint density at radius 1 is 1.33 bits per heavy atom. The Bertz CT molecular complexity index is 1280. The Morgan fingerprint density at radius 2 is 2.15 bits per heavy atom. The molecule has 1 unspecified atom stereocenters. The maximum absolute atomic E-state index is 13.9. The van der Waals surface area contributed by atoms with Gasteiger partial charge in [0.25, 0.3) is 5.91 Å². The SMILES string of the molecule is Cc1cc(N=S2CCC2)cc2ncnc(Nc3ccc(F)cc3OCC(=O)NC(C)C#N)c12. The summed E-state index contributed by atoms with van der Waals surface area (Å²) < 4.78 is 24.2. The second kappa shape index (κ2) is 9.92. The molecule has 2 heterocycles. The number of benzene rings is 2. The maximum Gasteiger partial charge on any atom is 0.258 e. The number of carbonyl (C=O) groups is 1. The van der Waals surface area contributed by atoms with Gasteiger partial charge in [0.2, 0.25) is 0 Å². The first-order chi connectivity index (χ1) is 15.9. The normalized spacial score (nSPS) is 14.1. The third kappa shape index (κ3) is 5.43. The second-order valence-corrected chi connectivity index (χ2v) is 9.59. The van der Waals surface area contributed by atoms with Crippen LogP contribution in [0.2, 0.25) is 0 Å². The molecule has 1 aliphatic heterocycles. The van der Waals surface area contributed by atoms with Crippen LogP contribution in [-0.4, -0.2) is 40.0 Å². The van der Waals surface area contributed by atoms with Crippen molar-refractivity contribution < 1.29 is 13.9 Å². The van der Waals surface area contributed by atoms with Crippen LogP contribution in [-0.2, 0) is 15.5 Å². The molecule has 0 saturated carbocycles. The third-order valence-corrected chi connectivity index (χ3v) is 7.03. The number of nitrogens with one attached hydrogen (secondary N) is 2. The number of nitriles is 1. The van der Waals surface area contributed by atoms with Crippen molar-refractivity contribution in [3.8, 4) is 11.8 Å². The monoisotopic (exact) mass is 466 g/mol.